The first-order chi connectivity index (χ1) is 10.7. The molecule has 106 valence electrons. The zero-order valence-electron chi connectivity index (χ0n) is 12.5. The Hall–Kier alpha value is -2.80. The fraction of sp³-hybridized carbons (Fsp3) is 0.0476. The molecule has 0 bridgehead atoms. The first kappa shape index (κ1) is 12.9. The molecule has 1 aliphatic heterocycles. The van der Waals surface area contributed by atoms with Crippen molar-refractivity contribution in [2.45, 2.75) is 6.92 Å². The number of rotatable bonds is 1. The van der Waals surface area contributed by atoms with Gasteiger partial charge in [-0.05, 0) is 35.4 Å². The molecule has 4 rings (SSSR count). The minimum Gasteiger partial charge on any atom is -0.456 e. The summed E-state index contributed by atoms with van der Waals surface area (Å²) < 4.78 is 6.13. The van der Waals surface area contributed by atoms with E-state index in [4.69, 9.17) is 4.74 Å². The lowest BCUT2D eigenvalue weighted by atomic mass is 9.92. The fourth-order valence-electron chi connectivity index (χ4n) is 2.96. The minimum absolute atomic E-state index is 0.879. The van der Waals surface area contributed by atoms with Crippen LogP contribution in [0.4, 0.5) is 0 Å². The summed E-state index contributed by atoms with van der Waals surface area (Å²) >= 11 is 0. The molecule has 0 radical (unpaired) electrons. The van der Waals surface area contributed by atoms with Gasteiger partial charge in [-0.3, -0.25) is 0 Å². The molecule has 0 amide bonds. The number of hydrogen-bond donors (Lipinski definition) is 0. The third kappa shape index (κ3) is 2.03. The molecule has 22 heavy (non-hydrogen) atoms. The van der Waals surface area contributed by atoms with Crippen LogP contribution in [0.1, 0.15) is 16.7 Å². The van der Waals surface area contributed by atoms with Gasteiger partial charge in [0.1, 0.15) is 11.5 Å². The van der Waals surface area contributed by atoms with E-state index in [9.17, 15) is 0 Å². The van der Waals surface area contributed by atoms with E-state index in [1.807, 2.05) is 18.2 Å². The van der Waals surface area contributed by atoms with Gasteiger partial charge in [0.2, 0.25) is 0 Å². The maximum absolute atomic E-state index is 6.13. The maximum Gasteiger partial charge on any atom is 0.135 e. The van der Waals surface area contributed by atoms with Gasteiger partial charge in [0.05, 0.1) is 0 Å². The molecule has 1 nitrogen and oxygen atoms in total. The number of aryl methyl sites for hydroxylation is 1. The standard InChI is InChI=1S/C21H16O/c1-14-8-10-17-19(12-14)22-20-13-15(2)9-11-18(20)21(17)16-6-4-3-5-7-16/h3-13H,1H2,2H3. The average molecular weight is 284 g/mol. The molecule has 0 aromatic heterocycles. The quantitative estimate of drug-likeness (QED) is 0.517. The monoisotopic (exact) mass is 284 g/mol. The molecule has 1 heterocycles. The minimum atomic E-state index is 0.879. The predicted octanol–water partition coefficient (Wildman–Crippen LogP) is 3.76. The Morgan fingerprint density at radius 3 is 2.45 bits per heavy atom. The smallest absolute Gasteiger partial charge is 0.135 e. The van der Waals surface area contributed by atoms with Crippen LogP contribution in [0.25, 0.3) is 12.2 Å². The third-order valence-electron chi connectivity index (χ3n) is 4.00. The van der Waals surface area contributed by atoms with E-state index in [0.717, 1.165) is 27.5 Å². The van der Waals surface area contributed by atoms with Gasteiger partial charge in [-0.15, -0.1) is 0 Å². The van der Waals surface area contributed by atoms with Crippen molar-refractivity contribution < 1.29 is 4.74 Å². The van der Waals surface area contributed by atoms with Crippen molar-refractivity contribution in [2.24, 2.45) is 0 Å². The van der Waals surface area contributed by atoms with Gasteiger partial charge < -0.3 is 4.74 Å². The van der Waals surface area contributed by atoms with E-state index in [1.165, 1.54) is 16.7 Å². The summed E-state index contributed by atoms with van der Waals surface area (Å²) in [4.78, 5) is 0. The van der Waals surface area contributed by atoms with Crippen LogP contribution in [0.3, 0.4) is 0 Å². The van der Waals surface area contributed by atoms with E-state index < -0.39 is 0 Å². The average Bonchev–Trinajstić information content (AvgIpc) is 2.53. The van der Waals surface area contributed by atoms with E-state index in [0.29, 0.717) is 0 Å². The van der Waals surface area contributed by atoms with E-state index >= 15 is 0 Å². The number of hydrogen-bond acceptors (Lipinski definition) is 1. The first-order valence-corrected chi connectivity index (χ1v) is 7.40. The highest BCUT2D eigenvalue weighted by Gasteiger charge is 2.19. The van der Waals surface area contributed by atoms with Crippen LogP contribution in [-0.4, -0.2) is 0 Å². The summed E-state index contributed by atoms with van der Waals surface area (Å²) in [6.07, 6.45) is 0. The summed E-state index contributed by atoms with van der Waals surface area (Å²) in [6.45, 7) is 6.09. The zero-order chi connectivity index (χ0) is 15.1. The summed E-state index contributed by atoms with van der Waals surface area (Å²) in [5.41, 5.74) is 4.76. The molecule has 0 atom stereocenters. The highest BCUT2D eigenvalue weighted by Crippen LogP contribution is 2.36. The van der Waals surface area contributed by atoms with E-state index in [-0.39, 0.29) is 0 Å². The van der Waals surface area contributed by atoms with Gasteiger partial charge >= 0.3 is 0 Å². The normalized spacial score (nSPS) is 12.3. The van der Waals surface area contributed by atoms with E-state index in [2.05, 4.69) is 62.0 Å². The molecular weight excluding hydrogens is 268 g/mol. The van der Waals surface area contributed by atoms with Crippen LogP contribution in [0.5, 0.6) is 11.5 Å². The molecule has 0 fully saturated rings. The van der Waals surface area contributed by atoms with Gasteiger partial charge in [0, 0.05) is 16.4 Å². The largest absolute Gasteiger partial charge is 0.456 e. The topological polar surface area (TPSA) is 9.23 Å². The fourth-order valence-corrected chi connectivity index (χ4v) is 2.96. The molecule has 3 aromatic rings. The van der Waals surface area contributed by atoms with Crippen LogP contribution in [0.15, 0.2) is 66.7 Å². The lowest BCUT2D eigenvalue weighted by Crippen LogP contribution is -2.19. The lowest BCUT2D eigenvalue weighted by molar-refractivity contribution is 0.471. The second-order valence-electron chi connectivity index (χ2n) is 5.67. The van der Waals surface area contributed by atoms with Crippen molar-refractivity contribution in [2.75, 3.05) is 0 Å². The Morgan fingerprint density at radius 1 is 0.818 bits per heavy atom. The third-order valence-corrected chi connectivity index (χ3v) is 4.00. The van der Waals surface area contributed by atoms with Crippen LogP contribution < -0.4 is 15.2 Å². The molecule has 0 spiro atoms. The zero-order valence-corrected chi connectivity index (χ0v) is 12.5. The SMILES string of the molecule is C=c1ccc2c(c1)Oc1cc(C)ccc1C=2c1ccccc1. The van der Waals surface area contributed by atoms with Crippen LogP contribution in [0.2, 0.25) is 0 Å². The first-order valence-electron chi connectivity index (χ1n) is 7.40. The summed E-state index contributed by atoms with van der Waals surface area (Å²) in [5, 5.41) is 2.08. The lowest BCUT2D eigenvalue weighted by Gasteiger charge is -2.21. The molecule has 0 unspecified atom stereocenters. The Labute approximate surface area is 129 Å². The van der Waals surface area contributed by atoms with Gasteiger partial charge in [-0.2, -0.15) is 0 Å². The predicted molar refractivity (Wildman–Crippen MR) is 90.5 cm³/mol. The van der Waals surface area contributed by atoms with Gasteiger partial charge in [-0.25, -0.2) is 0 Å². The Bertz CT molecular complexity index is 969. The Kier molecular flexibility index (Phi) is 2.87. The molecule has 0 N–H and O–H groups in total. The van der Waals surface area contributed by atoms with Crippen LogP contribution >= 0.6 is 0 Å². The van der Waals surface area contributed by atoms with Crippen molar-refractivity contribution >= 4 is 12.2 Å². The summed E-state index contributed by atoms with van der Waals surface area (Å²) in [6, 6.07) is 23.0. The Balaban J connectivity index is 2.14. The van der Waals surface area contributed by atoms with Crippen LogP contribution in [0, 0.1) is 6.92 Å². The Morgan fingerprint density at radius 2 is 1.64 bits per heavy atom. The second kappa shape index (κ2) is 4.88. The molecule has 0 saturated carbocycles. The molecule has 1 heteroatoms. The molecule has 1 aliphatic rings. The molecule has 0 saturated heterocycles. The van der Waals surface area contributed by atoms with Crippen molar-refractivity contribution in [3.05, 3.63) is 93.9 Å². The number of benzene rings is 3. The van der Waals surface area contributed by atoms with Crippen molar-refractivity contribution in [1.29, 1.82) is 0 Å². The molecular formula is C21H16O. The van der Waals surface area contributed by atoms with Crippen molar-refractivity contribution in [3.8, 4) is 11.5 Å². The highest BCUT2D eigenvalue weighted by atomic mass is 16.5. The number of fused-ring (bicyclic) bond motifs is 2. The number of ether oxygens (including phenoxy) is 1. The van der Waals surface area contributed by atoms with Gasteiger partial charge in [0.15, 0.2) is 0 Å². The summed E-state index contributed by atoms with van der Waals surface area (Å²) in [7, 11) is 0. The van der Waals surface area contributed by atoms with E-state index in [1.54, 1.807) is 0 Å². The highest BCUT2D eigenvalue weighted by molar-refractivity contribution is 5.85. The van der Waals surface area contributed by atoms with Crippen LogP contribution in [-0.2, 0) is 0 Å². The molecule has 3 aromatic carbocycles. The van der Waals surface area contributed by atoms with Crippen molar-refractivity contribution in [1.82, 2.24) is 0 Å². The second-order valence-corrected chi connectivity index (χ2v) is 5.67. The molecule has 0 aliphatic carbocycles. The van der Waals surface area contributed by atoms with Gasteiger partial charge in [0.25, 0.3) is 0 Å². The van der Waals surface area contributed by atoms with Crippen molar-refractivity contribution in [3.63, 3.8) is 0 Å². The summed E-state index contributed by atoms with van der Waals surface area (Å²) in [5.74, 6) is 1.79. The van der Waals surface area contributed by atoms with Gasteiger partial charge in [-0.1, -0.05) is 61.2 Å². The maximum atomic E-state index is 6.13.